The van der Waals surface area contributed by atoms with Crippen LogP contribution in [0.2, 0.25) is 5.02 Å². The highest BCUT2D eigenvalue weighted by molar-refractivity contribution is 7.11. The van der Waals surface area contributed by atoms with Crippen LogP contribution in [-0.4, -0.2) is 28.3 Å². The molecule has 2 heterocycles. The van der Waals surface area contributed by atoms with Gasteiger partial charge < -0.3 is 16.2 Å². The molecule has 1 atom stereocenters. The fourth-order valence-corrected chi connectivity index (χ4v) is 3.73. The van der Waals surface area contributed by atoms with Gasteiger partial charge in [0, 0.05) is 24.2 Å². The number of aliphatic imine (C=N–C) groups is 1. The van der Waals surface area contributed by atoms with E-state index in [0.29, 0.717) is 22.2 Å². The maximum Gasteiger partial charge on any atom is 0.266 e. The van der Waals surface area contributed by atoms with Crippen molar-refractivity contribution in [3.63, 3.8) is 0 Å². The van der Waals surface area contributed by atoms with E-state index in [0.717, 1.165) is 21.7 Å². The molecule has 1 amide bonds. The molecular formula is C18H19ClN4O2S. The summed E-state index contributed by atoms with van der Waals surface area (Å²) in [5.74, 6) is -0.265. The van der Waals surface area contributed by atoms with Crippen LogP contribution in [0, 0.1) is 6.92 Å². The van der Waals surface area contributed by atoms with Crippen LogP contribution in [-0.2, 0) is 11.4 Å². The minimum Gasteiger partial charge on any atom is -0.391 e. The summed E-state index contributed by atoms with van der Waals surface area (Å²) in [6.07, 6.45) is 2.15. The SMILES string of the molecule is Cc1nc(C(CN)NC(=O)C2=NC=C(c3ccc(Cl)cc3)C2)sc1CO. The summed E-state index contributed by atoms with van der Waals surface area (Å²) < 4.78 is 0. The number of carbonyl (C=O) groups excluding carboxylic acids is 1. The van der Waals surface area contributed by atoms with Crippen molar-refractivity contribution in [2.45, 2.75) is 26.0 Å². The highest BCUT2D eigenvalue weighted by Crippen LogP contribution is 2.26. The molecule has 0 fully saturated rings. The first-order valence-corrected chi connectivity index (χ1v) is 9.31. The van der Waals surface area contributed by atoms with Gasteiger partial charge in [-0.1, -0.05) is 23.7 Å². The van der Waals surface area contributed by atoms with Crippen LogP contribution in [0.15, 0.2) is 35.5 Å². The number of benzene rings is 1. The lowest BCUT2D eigenvalue weighted by Gasteiger charge is -2.14. The van der Waals surface area contributed by atoms with Crippen molar-refractivity contribution >= 4 is 40.1 Å². The molecule has 0 saturated heterocycles. The molecule has 0 saturated carbocycles. The molecule has 136 valence electrons. The lowest BCUT2D eigenvalue weighted by molar-refractivity contribution is -0.115. The Morgan fingerprint density at radius 2 is 2.15 bits per heavy atom. The van der Waals surface area contributed by atoms with Crippen LogP contribution in [0.4, 0.5) is 0 Å². The Morgan fingerprint density at radius 1 is 1.42 bits per heavy atom. The predicted molar refractivity (Wildman–Crippen MR) is 104 cm³/mol. The second-order valence-corrected chi connectivity index (χ2v) is 7.45. The smallest absolute Gasteiger partial charge is 0.266 e. The average molecular weight is 391 g/mol. The third kappa shape index (κ3) is 4.02. The predicted octanol–water partition coefficient (Wildman–Crippen LogP) is 2.60. The van der Waals surface area contributed by atoms with E-state index in [1.165, 1.54) is 11.3 Å². The molecule has 0 spiro atoms. The number of halogens is 1. The van der Waals surface area contributed by atoms with Crippen molar-refractivity contribution in [1.82, 2.24) is 10.3 Å². The number of rotatable bonds is 6. The van der Waals surface area contributed by atoms with Gasteiger partial charge in [0.05, 0.1) is 23.2 Å². The normalized spacial score (nSPS) is 14.8. The summed E-state index contributed by atoms with van der Waals surface area (Å²) in [7, 11) is 0. The van der Waals surface area contributed by atoms with Crippen LogP contribution < -0.4 is 11.1 Å². The van der Waals surface area contributed by atoms with Gasteiger partial charge in [-0.15, -0.1) is 11.3 Å². The van der Waals surface area contributed by atoms with Gasteiger partial charge in [0.25, 0.3) is 5.91 Å². The van der Waals surface area contributed by atoms with Gasteiger partial charge in [0.1, 0.15) is 10.7 Å². The Hall–Kier alpha value is -2.06. The highest BCUT2D eigenvalue weighted by atomic mass is 35.5. The van der Waals surface area contributed by atoms with Gasteiger partial charge in [-0.05, 0) is 30.2 Å². The Balaban J connectivity index is 1.65. The Bertz CT molecular complexity index is 874. The van der Waals surface area contributed by atoms with Crippen LogP contribution in [0.1, 0.15) is 33.6 Å². The number of aromatic nitrogens is 1. The standard InChI is InChI=1S/C18H19ClN4O2S/c1-10-16(9-24)26-18(22-10)15(7-20)23-17(25)14-6-12(8-21-14)11-2-4-13(19)5-3-11/h2-5,8,15,24H,6-7,9,20H2,1H3,(H,23,25). The third-order valence-electron chi connectivity index (χ3n) is 4.10. The Labute approximate surface area is 160 Å². The van der Waals surface area contributed by atoms with E-state index in [4.69, 9.17) is 17.3 Å². The largest absolute Gasteiger partial charge is 0.391 e. The zero-order chi connectivity index (χ0) is 18.7. The van der Waals surface area contributed by atoms with Crippen LogP contribution >= 0.6 is 22.9 Å². The van der Waals surface area contributed by atoms with E-state index < -0.39 is 6.04 Å². The van der Waals surface area contributed by atoms with E-state index in [9.17, 15) is 9.90 Å². The number of allylic oxidation sites excluding steroid dienone is 1. The summed E-state index contributed by atoms with van der Waals surface area (Å²) in [4.78, 5) is 22.0. The molecule has 8 heteroatoms. The molecule has 4 N–H and O–H groups in total. The molecular weight excluding hydrogens is 372 g/mol. The summed E-state index contributed by atoms with van der Waals surface area (Å²) in [6.45, 7) is 1.97. The Kier molecular flexibility index (Phi) is 5.83. The van der Waals surface area contributed by atoms with Crippen molar-refractivity contribution in [1.29, 1.82) is 0 Å². The number of thiazole rings is 1. The molecule has 3 rings (SSSR count). The molecule has 1 unspecified atom stereocenters. The first-order valence-electron chi connectivity index (χ1n) is 8.11. The topological polar surface area (TPSA) is 101 Å². The minimum absolute atomic E-state index is 0.0736. The van der Waals surface area contributed by atoms with Crippen LogP contribution in [0.3, 0.4) is 0 Å². The van der Waals surface area contributed by atoms with Gasteiger partial charge in [0.2, 0.25) is 0 Å². The number of nitrogens with zero attached hydrogens (tertiary/aromatic N) is 2. The average Bonchev–Trinajstić information content (AvgIpc) is 3.27. The molecule has 0 bridgehead atoms. The monoisotopic (exact) mass is 390 g/mol. The maximum absolute atomic E-state index is 12.6. The van der Waals surface area contributed by atoms with E-state index in [1.807, 2.05) is 31.2 Å². The zero-order valence-corrected chi connectivity index (χ0v) is 15.8. The maximum atomic E-state index is 12.6. The number of amides is 1. The molecule has 0 radical (unpaired) electrons. The summed E-state index contributed by atoms with van der Waals surface area (Å²) in [5.41, 5.74) is 8.95. The second-order valence-electron chi connectivity index (χ2n) is 5.89. The summed E-state index contributed by atoms with van der Waals surface area (Å²) >= 11 is 7.26. The first-order chi connectivity index (χ1) is 12.5. The quantitative estimate of drug-likeness (QED) is 0.705. The van der Waals surface area contributed by atoms with E-state index >= 15 is 0 Å². The van der Waals surface area contributed by atoms with Gasteiger partial charge in [0.15, 0.2) is 0 Å². The zero-order valence-electron chi connectivity index (χ0n) is 14.2. The summed E-state index contributed by atoms with van der Waals surface area (Å²) in [5, 5.41) is 13.6. The number of hydrogen-bond donors (Lipinski definition) is 3. The lowest BCUT2D eigenvalue weighted by atomic mass is 10.0. The van der Waals surface area contributed by atoms with Crippen molar-refractivity contribution in [3.05, 3.63) is 56.6 Å². The van der Waals surface area contributed by atoms with Gasteiger partial charge in [-0.3, -0.25) is 9.79 Å². The molecule has 0 aliphatic carbocycles. The van der Waals surface area contributed by atoms with E-state index in [1.54, 1.807) is 6.20 Å². The molecule has 2 aromatic rings. The molecule has 6 nitrogen and oxygen atoms in total. The second kappa shape index (κ2) is 8.09. The molecule has 1 aliphatic rings. The summed E-state index contributed by atoms with van der Waals surface area (Å²) in [6, 6.07) is 7.02. The molecule has 1 aliphatic heterocycles. The number of carbonyl (C=O) groups is 1. The first kappa shape index (κ1) is 18.7. The number of aliphatic hydroxyl groups is 1. The molecule has 1 aromatic carbocycles. The van der Waals surface area contributed by atoms with Crippen LogP contribution in [0.25, 0.3) is 5.57 Å². The van der Waals surface area contributed by atoms with E-state index in [-0.39, 0.29) is 19.1 Å². The van der Waals surface area contributed by atoms with Gasteiger partial charge in [-0.25, -0.2) is 4.98 Å². The van der Waals surface area contributed by atoms with Crippen molar-refractivity contribution < 1.29 is 9.90 Å². The number of nitrogens with one attached hydrogen (secondary N) is 1. The van der Waals surface area contributed by atoms with Crippen molar-refractivity contribution in [2.75, 3.05) is 6.54 Å². The van der Waals surface area contributed by atoms with E-state index in [2.05, 4.69) is 15.3 Å². The number of nitrogens with two attached hydrogens (primary N) is 1. The lowest BCUT2D eigenvalue weighted by Crippen LogP contribution is -2.37. The third-order valence-corrected chi connectivity index (χ3v) is 5.61. The molecule has 1 aromatic heterocycles. The number of hydrogen-bond acceptors (Lipinski definition) is 6. The fourth-order valence-electron chi connectivity index (χ4n) is 2.62. The van der Waals surface area contributed by atoms with Crippen molar-refractivity contribution in [3.8, 4) is 0 Å². The fraction of sp³-hybridized carbons (Fsp3) is 0.278. The van der Waals surface area contributed by atoms with Gasteiger partial charge in [-0.2, -0.15) is 0 Å². The molecule has 26 heavy (non-hydrogen) atoms. The minimum atomic E-state index is -0.409. The van der Waals surface area contributed by atoms with Crippen molar-refractivity contribution in [2.24, 2.45) is 10.7 Å². The highest BCUT2D eigenvalue weighted by Gasteiger charge is 2.23. The van der Waals surface area contributed by atoms with Crippen LogP contribution in [0.5, 0.6) is 0 Å². The Morgan fingerprint density at radius 3 is 2.77 bits per heavy atom. The number of aryl methyl sites for hydroxylation is 1. The number of aliphatic hydroxyl groups excluding tert-OH is 1. The van der Waals surface area contributed by atoms with Gasteiger partial charge >= 0.3 is 0 Å².